The van der Waals surface area contributed by atoms with E-state index in [4.69, 9.17) is 9.47 Å². The molecule has 0 radical (unpaired) electrons. The van der Waals surface area contributed by atoms with Crippen LogP contribution >= 0.6 is 0 Å². The van der Waals surface area contributed by atoms with E-state index in [0.717, 1.165) is 44.9 Å². The molecule has 33 heavy (non-hydrogen) atoms. The summed E-state index contributed by atoms with van der Waals surface area (Å²) in [6, 6.07) is 29.1. The van der Waals surface area contributed by atoms with Crippen LogP contribution in [0.4, 0.5) is 17.1 Å². The number of nitrogens with zero attached hydrogens (tertiary/aromatic N) is 1. The Morgan fingerprint density at radius 2 is 1.15 bits per heavy atom. The molecular weight excluding hydrogens is 422 g/mol. The minimum Gasteiger partial charge on any atom is -0.497 e. The maximum Gasteiger partial charge on any atom is 0.129 e. The van der Waals surface area contributed by atoms with Gasteiger partial charge >= 0.3 is 0 Å². The average Bonchev–Trinajstić information content (AvgIpc) is 2.84. The van der Waals surface area contributed by atoms with Crippen LogP contribution in [0.5, 0.6) is 11.5 Å². The van der Waals surface area contributed by atoms with Crippen molar-refractivity contribution in [2.45, 2.75) is 19.6 Å². The van der Waals surface area contributed by atoms with E-state index >= 15 is 0 Å². The third kappa shape index (κ3) is 5.05. The van der Waals surface area contributed by atoms with E-state index in [1.807, 2.05) is 24.3 Å². The largest absolute Gasteiger partial charge is 0.497 e. The molecule has 4 aromatic rings. The molecule has 0 saturated heterocycles. The predicted molar refractivity (Wildman–Crippen MR) is 142 cm³/mol. The summed E-state index contributed by atoms with van der Waals surface area (Å²) in [7, 11) is 1.89. The van der Waals surface area contributed by atoms with Crippen LogP contribution in [-0.4, -0.2) is 22.3 Å². The second-order valence-corrected chi connectivity index (χ2v) is 13.7. The Bertz CT molecular complexity index is 1260. The molecule has 4 rings (SSSR count). The zero-order valence-electron chi connectivity index (χ0n) is 19.8. The number of rotatable bonds is 5. The minimum atomic E-state index is -1.48. The Labute approximate surface area is 197 Å². The van der Waals surface area contributed by atoms with Gasteiger partial charge in [-0.25, -0.2) is 0 Å². The number of benzene rings is 4. The molecular formula is C29H29NO2Si. The number of anilines is 3. The van der Waals surface area contributed by atoms with E-state index in [1.54, 1.807) is 14.2 Å². The molecule has 0 aliphatic carbocycles. The second-order valence-electron chi connectivity index (χ2n) is 8.91. The fourth-order valence-electron chi connectivity index (χ4n) is 3.73. The van der Waals surface area contributed by atoms with Crippen molar-refractivity contribution in [1.82, 2.24) is 0 Å². The van der Waals surface area contributed by atoms with Gasteiger partial charge in [-0.1, -0.05) is 49.8 Å². The predicted octanol–water partition coefficient (Wildman–Crippen LogP) is 7.56. The maximum atomic E-state index is 5.38. The van der Waals surface area contributed by atoms with Gasteiger partial charge in [-0.05, 0) is 66.0 Å². The monoisotopic (exact) mass is 451 g/mol. The lowest BCUT2D eigenvalue weighted by atomic mass is 10.0. The highest BCUT2D eigenvalue weighted by Gasteiger charge is 2.17. The first-order chi connectivity index (χ1) is 15.9. The zero-order chi connectivity index (χ0) is 23.4. The van der Waals surface area contributed by atoms with Crippen LogP contribution in [0.3, 0.4) is 0 Å². The molecule has 0 unspecified atom stereocenters. The van der Waals surface area contributed by atoms with Gasteiger partial charge in [-0.2, -0.15) is 0 Å². The summed E-state index contributed by atoms with van der Waals surface area (Å²) < 4.78 is 10.8. The van der Waals surface area contributed by atoms with Crippen LogP contribution in [0.25, 0.3) is 10.8 Å². The number of hydrogen-bond acceptors (Lipinski definition) is 3. The van der Waals surface area contributed by atoms with E-state index in [9.17, 15) is 0 Å². The summed E-state index contributed by atoms with van der Waals surface area (Å²) in [6.45, 7) is 6.81. The molecule has 0 aromatic heterocycles. The Kier molecular flexibility index (Phi) is 6.44. The SMILES string of the molecule is COc1ccc(N(c2ccc(OC)cc2)c2ccc(C#C[Si](C)(C)C)c3ccccc23)cc1. The quantitative estimate of drug-likeness (QED) is 0.231. The van der Waals surface area contributed by atoms with Crippen LogP contribution in [0.1, 0.15) is 5.56 Å². The molecule has 4 aromatic carbocycles. The van der Waals surface area contributed by atoms with Crippen molar-refractivity contribution in [1.29, 1.82) is 0 Å². The van der Waals surface area contributed by atoms with Gasteiger partial charge in [-0.3, -0.25) is 0 Å². The molecule has 3 nitrogen and oxygen atoms in total. The van der Waals surface area contributed by atoms with E-state index in [2.05, 4.69) is 96.7 Å². The molecule has 0 bridgehead atoms. The van der Waals surface area contributed by atoms with Crippen molar-refractivity contribution in [3.8, 4) is 23.0 Å². The van der Waals surface area contributed by atoms with Crippen LogP contribution in [0, 0.1) is 11.5 Å². The molecule has 0 amide bonds. The lowest BCUT2D eigenvalue weighted by Gasteiger charge is -2.27. The van der Waals surface area contributed by atoms with Crippen LogP contribution in [-0.2, 0) is 0 Å². The summed E-state index contributed by atoms with van der Waals surface area (Å²) in [5.74, 6) is 5.12. The number of methoxy groups -OCH3 is 2. The molecule has 0 fully saturated rings. The number of fused-ring (bicyclic) bond motifs is 1. The van der Waals surface area contributed by atoms with E-state index in [1.165, 1.54) is 0 Å². The van der Waals surface area contributed by atoms with Gasteiger partial charge in [0.2, 0.25) is 0 Å². The fraction of sp³-hybridized carbons (Fsp3) is 0.172. The molecule has 4 heteroatoms. The van der Waals surface area contributed by atoms with Gasteiger partial charge in [0.15, 0.2) is 0 Å². The number of hydrogen-bond donors (Lipinski definition) is 0. The average molecular weight is 452 g/mol. The van der Waals surface area contributed by atoms with Crippen molar-refractivity contribution in [2.24, 2.45) is 0 Å². The van der Waals surface area contributed by atoms with Gasteiger partial charge in [0.1, 0.15) is 19.6 Å². The lowest BCUT2D eigenvalue weighted by molar-refractivity contribution is 0.415. The fourth-order valence-corrected chi connectivity index (χ4v) is 4.24. The van der Waals surface area contributed by atoms with Gasteiger partial charge in [-0.15, -0.1) is 5.54 Å². The van der Waals surface area contributed by atoms with Crippen LogP contribution in [0.2, 0.25) is 19.6 Å². The van der Waals surface area contributed by atoms with Crippen molar-refractivity contribution in [3.05, 3.63) is 90.5 Å². The molecule has 0 N–H and O–H groups in total. The Morgan fingerprint density at radius 1 is 0.636 bits per heavy atom. The van der Waals surface area contributed by atoms with Crippen molar-refractivity contribution in [3.63, 3.8) is 0 Å². The van der Waals surface area contributed by atoms with Crippen molar-refractivity contribution >= 4 is 35.9 Å². The first kappa shape index (κ1) is 22.5. The summed E-state index contributed by atoms with van der Waals surface area (Å²) in [5, 5.41) is 2.32. The van der Waals surface area contributed by atoms with Crippen LogP contribution < -0.4 is 14.4 Å². The highest BCUT2D eigenvalue weighted by atomic mass is 28.3. The Morgan fingerprint density at radius 3 is 1.64 bits per heavy atom. The Hall–Kier alpha value is -3.68. The lowest BCUT2D eigenvalue weighted by Crippen LogP contribution is -2.16. The molecule has 0 aliphatic rings. The summed E-state index contributed by atoms with van der Waals surface area (Å²) in [6.07, 6.45) is 0. The maximum absolute atomic E-state index is 5.38. The molecule has 0 saturated carbocycles. The van der Waals surface area contributed by atoms with Gasteiger partial charge in [0.25, 0.3) is 0 Å². The van der Waals surface area contributed by atoms with Gasteiger partial charge < -0.3 is 14.4 Å². The summed E-state index contributed by atoms with van der Waals surface area (Å²) >= 11 is 0. The van der Waals surface area contributed by atoms with Crippen LogP contribution in [0.15, 0.2) is 84.9 Å². The standard InChI is InChI=1S/C29H29NO2Si/c1-31-25-15-11-23(12-16-25)30(24-13-17-26(32-2)18-14-24)29-19-10-22(20-21-33(3,4)5)27-8-6-7-9-28(27)29/h6-19H,1-5H3. The Balaban J connectivity index is 1.92. The smallest absolute Gasteiger partial charge is 0.129 e. The van der Waals surface area contributed by atoms with E-state index in [-0.39, 0.29) is 0 Å². The van der Waals surface area contributed by atoms with Crippen molar-refractivity contribution < 1.29 is 9.47 Å². The molecule has 0 spiro atoms. The second kappa shape index (κ2) is 9.44. The zero-order valence-corrected chi connectivity index (χ0v) is 20.8. The first-order valence-electron chi connectivity index (χ1n) is 11.0. The third-order valence-electron chi connectivity index (χ3n) is 5.38. The van der Waals surface area contributed by atoms with E-state index in [0.29, 0.717) is 0 Å². The van der Waals surface area contributed by atoms with Gasteiger partial charge in [0, 0.05) is 22.3 Å². The van der Waals surface area contributed by atoms with E-state index < -0.39 is 8.07 Å². The third-order valence-corrected chi connectivity index (χ3v) is 6.25. The number of ether oxygens (including phenoxy) is 2. The highest BCUT2D eigenvalue weighted by Crippen LogP contribution is 2.40. The van der Waals surface area contributed by atoms with Gasteiger partial charge in [0.05, 0.1) is 19.9 Å². The van der Waals surface area contributed by atoms with Crippen molar-refractivity contribution in [2.75, 3.05) is 19.1 Å². The normalized spacial score (nSPS) is 10.9. The molecule has 0 heterocycles. The highest BCUT2D eigenvalue weighted by molar-refractivity contribution is 6.83. The minimum absolute atomic E-state index is 0.829. The molecule has 0 aliphatic heterocycles. The summed E-state index contributed by atoms with van der Waals surface area (Å²) in [4.78, 5) is 2.26. The topological polar surface area (TPSA) is 21.7 Å². The molecule has 0 atom stereocenters. The molecule has 166 valence electrons. The summed E-state index contributed by atoms with van der Waals surface area (Å²) in [5.41, 5.74) is 7.78. The first-order valence-corrected chi connectivity index (χ1v) is 14.5.